The number of hydrogen-bond acceptors (Lipinski definition) is 4. The van der Waals surface area contributed by atoms with E-state index in [2.05, 4.69) is 0 Å². The van der Waals surface area contributed by atoms with Crippen molar-refractivity contribution in [3.05, 3.63) is 65.2 Å². The summed E-state index contributed by atoms with van der Waals surface area (Å²) in [6.45, 7) is 2.61. The zero-order valence-electron chi connectivity index (χ0n) is 16.5. The van der Waals surface area contributed by atoms with Gasteiger partial charge in [0.2, 0.25) is 10.0 Å². The van der Waals surface area contributed by atoms with Gasteiger partial charge in [-0.1, -0.05) is 23.8 Å². The Morgan fingerprint density at radius 1 is 1.00 bits per heavy atom. The van der Waals surface area contributed by atoms with E-state index in [0.717, 1.165) is 17.7 Å². The minimum atomic E-state index is -3.78. The number of halogens is 2. The molecular formula is C21H22F2N2O4S. The summed E-state index contributed by atoms with van der Waals surface area (Å²) in [5, 5.41) is 0. The molecule has 0 aromatic heterocycles. The summed E-state index contributed by atoms with van der Waals surface area (Å²) in [6.07, 6.45) is 0.444. The SMILES string of the molecule is Cc1ccc(S(=O)(=O)N2CCOC23CCN(C(=O)c2c(F)cccc2F)CC3)cc1. The predicted molar refractivity (Wildman–Crippen MR) is 105 cm³/mol. The van der Waals surface area contributed by atoms with Gasteiger partial charge in [0, 0.05) is 32.5 Å². The highest BCUT2D eigenvalue weighted by molar-refractivity contribution is 7.89. The molecule has 0 atom stereocenters. The third kappa shape index (κ3) is 3.51. The first kappa shape index (κ1) is 20.9. The lowest BCUT2D eigenvalue weighted by molar-refractivity contribution is -0.0857. The molecule has 1 amide bonds. The Kier molecular flexibility index (Phi) is 5.37. The van der Waals surface area contributed by atoms with E-state index in [-0.39, 0.29) is 44.0 Å². The largest absolute Gasteiger partial charge is 0.358 e. The molecule has 0 bridgehead atoms. The van der Waals surface area contributed by atoms with Crippen LogP contribution < -0.4 is 0 Å². The van der Waals surface area contributed by atoms with E-state index < -0.39 is 38.9 Å². The van der Waals surface area contributed by atoms with Crippen LogP contribution in [0.25, 0.3) is 0 Å². The number of sulfonamides is 1. The lowest BCUT2D eigenvalue weighted by atomic mass is 9.99. The number of ether oxygens (including phenoxy) is 1. The smallest absolute Gasteiger partial charge is 0.259 e. The van der Waals surface area contributed by atoms with Crippen LogP contribution in [0.1, 0.15) is 28.8 Å². The van der Waals surface area contributed by atoms with Crippen LogP contribution in [0, 0.1) is 18.6 Å². The van der Waals surface area contributed by atoms with Gasteiger partial charge in [-0.15, -0.1) is 0 Å². The third-order valence-electron chi connectivity index (χ3n) is 5.74. The maximum atomic E-state index is 14.0. The van der Waals surface area contributed by atoms with Gasteiger partial charge in [-0.3, -0.25) is 4.79 Å². The average molecular weight is 436 g/mol. The lowest BCUT2D eigenvalue weighted by Crippen LogP contribution is -2.55. The van der Waals surface area contributed by atoms with Crippen LogP contribution >= 0.6 is 0 Å². The van der Waals surface area contributed by atoms with E-state index in [9.17, 15) is 22.0 Å². The Bertz CT molecular complexity index is 1040. The van der Waals surface area contributed by atoms with Gasteiger partial charge in [0.15, 0.2) is 0 Å². The molecule has 2 aromatic rings. The van der Waals surface area contributed by atoms with E-state index in [4.69, 9.17) is 4.74 Å². The Hall–Kier alpha value is -2.36. The van der Waals surface area contributed by atoms with Crippen molar-refractivity contribution < 1.29 is 26.7 Å². The number of piperidine rings is 1. The quantitative estimate of drug-likeness (QED) is 0.742. The second-order valence-corrected chi connectivity index (χ2v) is 9.44. The number of nitrogens with zero attached hydrogens (tertiary/aromatic N) is 2. The fourth-order valence-corrected chi connectivity index (χ4v) is 5.81. The van der Waals surface area contributed by atoms with E-state index in [0.29, 0.717) is 0 Å². The molecule has 2 aliphatic heterocycles. The van der Waals surface area contributed by atoms with E-state index in [1.165, 1.54) is 15.3 Å². The molecule has 0 aliphatic carbocycles. The first-order valence-corrected chi connectivity index (χ1v) is 11.2. The van der Waals surface area contributed by atoms with Crippen LogP contribution in [-0.4, -0.2) is 55.5 Å². The van der Waals surface area contributed by atoms with Crippen molar-refractivity contribution in [3.63, 3.8) is 0 Å². The third-order valence-corrected chi connectivity index (χ3v) is 7.70. The Morgan fingerprint density at radius 2 is 1.60 bits per heavy atom. The maximum Gasteiger partial charge on any atom is 0.259 e. The summed E-state index contributed by atoms with van der Waals surface area (Å²) in [7, 11) is -3.78. The highest BCUT2D eigenvalue weighted by Gasteiger charge is 2.51. The first-order chi connectivity index (χ1) is 14.2. The predicted octanol–water partition coefficient (Wildman–Crippen LogP) is 2.93. The zero-order chi connectivity index (χ0) is 21.5. The summed E-state index contributed by atoms with van der Waals surface area (Å²) in [4.78, 5) is 14.2. The summed E-state index contributed by atoms with van der Waals surface area (Å²) in [5.41, 5.74) is -0.702. The Balaban J connectivity index is 1.54. The monoisotopic (exact) mass is 436 g/mol. The molecule has 0 unspecified atom stereocenters. The van der Waals surface area contributed by atoms with Gasteiger partial charge >= 0.3 is 0 Å². The van der Waals surface area contributed by atoms with Crippen molar-refractivity contribution in [1.29, 1.82) is 0 Å². The molecule has 30 heavy (non-hydrogen) atoms. The lowest BCUT2D eigenvalue weighted by Gasteiger charge is -2.42. The molecule has 2 fully saturated rings. The molecule has 2 heterocycles. The standard InChI is InChI=1S/C21H22F2N2O4S/c1-15-5-7-16(8-6-15)30(27,28)25-13-14-29-21(25)9-11-24(12-10-21)20(26)19-17(22)3-2-4-18(19)23/h2-8H,9-14H2,1H3. The number of amides is 1. The molecule has 9 heteroatoms. The maximum absolute atomic E-state index is 14.0. The van der Waals surface area contributed by atoms with Crippen molar-refractivity contribution in [2.75, 3.05) is 26.2 Å². The van der Waals surface area contributed by atoms with Crippen LogP contribution in [0.4, 0.5) is 8.78 Å². The number of benzene rings is 2. The number of rotatable bonds is 3. The van der Waals surface area contributed by atoms with Crippen LogP contribution in [0.2, 0.25) is 0 Å². The molecule has 6 nitrogen and oxygen atoms in total. The summed E-state index contributed by atoms with van der Waals surface area (Å²) in [6, 6.07) is 9.89. The Labute approximate surface area is 174 Å². The van der Waals surface area contributed by atoms with Crippen LogP contribution in [0.3, 0.4) is 0 Å². The number of hydrogen-bond donors (Lipinski definition) is 0. The van der Waals surface area contributed by atoms with Crippen molar-refractivity contribution in [3.8, 4) is 0 Å². The van der Waals surface area contributed by atoms with Crippen LogP contribution in [-0.2, 0) is 14.8 Å². The minimum Gasteiger partial charge on any atom is -0.358 e. The van der Waals surface area contributed by atoms with Crippen molar-refractivity contribution in [2.45, 2.75) is 30.4 Å². The average Bonchev–Trinajstić information content (AvgIpc) is 3.12. The van der Waals surface area contributed by atoms with E-state index >= 15 is 0 Å². The van der Waals surface area contributed by atoms with E-state index in [1.807, 2.05) is 6.92 Å². The molecule has 2 aromatic carbocycles. The topological polar surface area (TPSA) is 66.9 Å². The van der Waals surface area contributed by atoms with Gasteiger partial charge < -0.3 is 9.64 Å². The molecule has 2 saturated heterocycles. The summed E-state index contributed by atoms with van der Waals surface area (Å²) < 4.78 is 61.6. The fraction of sp³-hybridized carbons (Fsp3) is 0.381. The van der Waals surface area contributed by atoms with Crippen molar-refractivity contribution in [2.24, 2.45) is 0 Å². The van der Waals surface area contributed by atoms with Gasteiger partial charge in [0.25, 0.3) is 5.91 Å². The molecule has 4 rings (SSSR count). The minimum absolute atomic E-state index is 0.131. The highest BCUT2D eigenvalue weighted by Crippen LogP contribution is 2.38. The van der Waals surface area contributed by atoms with Crippen LogP contribution in [0.15, 0.2) is 47.4 Å². The summed E-state index contributed by atoms with van der Waals surface area (Å²) >= 11 is 0. The van der Waals surface area contributed by atoms with Crippen LogP contribution in [0.5, 0.6) is 0 Å². The Morgan fingerprint density at radius 3 is 2.20 bits per heavy atom. The normalized spacial score (nSPS) is 19.4. The first-order valence-electron chi connectivity index (χ1n) is 9.71. The molecule has 160 valence electrons. The molecule has 2 aliphatic rings. The second-order valence-electron chi connectivity index (χ2n) is 7.57. The highest BCUT2D eigenvalue weighted by atomic mass is 32.2. The van der Waals surface area contributed by atoms with Gasteiger partial charge in [-0.2, -0.15) is 4.31 Å². The number of likely N-dealkylation sites (tertiary alicyclic amines) is 1. The fourth-order valence-electron chi connectivity index (χ4n) is 4.08. The van der Waals surface area contributed by atoms with Gasteiger partial charge in [0.1, 0.15) is 22.9 Å². The van der Waals surface area contributed by atoms with Crippen molar-refractivity contribution >= 4 is 15.9 Å². The molecule has 1 spiro atoms. The number of carbonyl (C=O) groups is 1. The molecule has 0 radical (unpaired) electrons. The summed E-state index contributed by atoms with van der Waals surface area (Å²) in [5.74, 6) is -2.58. The second kappa shape index (κ2) is 7.72. The van der Waals surface area contributed by atoms with Gasteiger partial charge in [-0.25, -0.2) is 17.2 Å². The molecule has 0 N–H and O–H groups in total. The zero-order valence-corrected chi connectivity index (χ0v) is 17.3. The number of carbonyl (C=O) groups excluding carboxylic acids is 1. The number of aryl methyl sites for hydroxylation is 1. The molecule has 0 saturated carbocycles. The van der Waals surface area contributed by atoms with Gasteiger partial charge in [-0.05, 0) is 31.2 Å². The van der Waals surface area contributed by atoms with Crippen molar-refractivity contribution in [1.82, 2.24) is 9.21 Å². The van der Waals surface area contributed by atoms with E-state index in [1.54, 1.807) is 24.3 Å². The van der Waals surface area contributed by atoms with Gasteiger partial charge in [0.05, 0.1) is 11.5 Å². The molecular weight excluding hydrogens is 414 g/mol.